The molecule has 0 bridgehead atoms. The molecule has 4 unspecified atom stereocenters. The largest absolute Gasteiger partial charge is 0.444 e. The first-order chi connectivity index (χ1) is 14.0. The zero-order valence-electron chi connectivity index (χ0n) is 17.2. The van der Waals surface area contributed by atoms with Gasteiger partial charge in [0.1, 0.15) is 23.1 Å². The van der Waals surface area contributed by atoms with Gasteiger partial charge in [-0.2, -0.15) is 0 Å². The molecule has 7 heteroatoms. The average molecular weight is 418 g/mol. The molecule has 30 heavy (non-hydrogen) atoms. The summed E-state index contributed by atoms with van der Waals surface area (Å²) < 4.78 is 48.1. The summed E-state index contributed by atoms with van der Waals surface area (Å²) >= 11 is 0. The minimum atomic E-state index is -0.774. The van der Waals surface area contributed by atoms with Gasteiger partial charge in [-0.15, -0.1) is 0 Å². The maximum Gasteiger partial charge on any atom is 0.410 e. The molecule has 4 nitrogen and oxygen atoms in total. The molecule has 1 saturated heterocycles. The third kappa shape index (κ3) is 3.90. The summed E-state index contributed by atoms with van der Waals surface area (Å²) in [6, 6.07) is 6.98. The minimum Gasteiger partial charge on any atom is -0.444 e. The number of halogens is 3. The smallest absolute Gasteiger partial charge is 0.410 e. The van der Waals surface area contributed by atoms with Crippen molar-refractivity contribution in [2.45, 2.75) is 57.3 Å². The molecule has 1 aliphatic carbocycles. The van der Waals surface area contributed by atoms with Crippen LogP contribution in [-0.2, 0) is 11.2 Å². The Balaban J connectivity index is 1.63. The summed E-state index contributed by atoms with van der Waals surface area (Å²) in [5, 5.41) is 0. The van der Waals surface area contributed by atoms with Crippen molar-refractivity contribution in [1.29, 1.82) is 0 Å². The van der Waals surface area contributed by atoms with Crippen LogP contribution < -0.4 is 5.73 Å². The molecular weight excluding hydrogens is 393 g/mol. The van der Waals surface area contributed by atoms with E-state index in [0.717, 1.165) is 24.6 Å². The number of ether oxygens (including phenoxy) is 1. The van der Waals surface area contributed by atoms with E-state index in [2.05, 4.69) is 0 Å². The van der Waals surface area contributed by atoms with Gasteiger partial charge in [0, 0.05) is 23.7 Å². The molecule has 4 rings (SSSR count). The van der Waals surface area contributed by atoms with E-state index in [0.29, 0.717) is 5.56 Å². The van der Waals surface area contributed by atoms with E-state index in [1.807, 2.05) is 0 Å². The number of nitrogens with two attached hydrogens (primary N) is 1. The van der Waals surface area contributed by atoms with E-state index in [1.54, 1.807) is 37.8 Å². The van der Waals surface area contributed by atoms with Gasteiger partial charge in [-0.05, 0) is 62.8 Å². The number of hydrogen-bond acceptors (Lipinski definition) is 3. The summed E-state index contributed by atoms with van der Waals surface area (Å²) in [6.07, 6.45) is 0.573. The Morgan fingerprint density at radius 2 is 1.83 bits per heavy atom. The molecule has 0 spiro atoms. The van der Waals surface area contributed by atoms with Crippen molar-refractivity contribution >= 4 is 6.09 Å². The standard InChI is InChI=1S/C23H25F3N2O2/c1-23(2,3)30-22(29)28-18-11-17(18)21(27)19(28)9-12-5-4-6-16(20(12)26)13-7-14(24)10-15(25)8-13/h4-8,10,17-19,21H,9,11,27H2,1-3H3. The highest BCUT2D eigenvalue weighted by Gasteiger charge is 2.59. The number of rotatable bonds is 3. The number of carbonyl (C=O) groups is 1. The summed E-state index contributed by atoms with van der Waals surface area (Å²) in [7, 11) is 0. The summed E-state index contributed by atoms with van der Waals surface area (Å²) in [4.78, 5) is 14.4. The van der Waals surface area contributed by atoms with Crippen molar-refractivity contribution in [1.82, 2.24) is 4.90 Å². The highest BCUT2D eigenvalue weighted by molar-refractivity contribution is 5.71. The SMILES string of the molecule is CC(C)(C)OC(=O)N1C(Cc2cccc(-c3cc(F)cc(F)c3)c2F)C(N)C2CC21. The number of amides is 1. The first kappa shape index (κ1) is 20.7. The van der Waals surface area contributed by atoms with E-state index in [-0.39, 0.29) is 35.5 Å². The normalized spacial score (nSPS) is 25.2. The fourth-order valence-corrected chi connectivity index (χ4v) is 4.37. The second-order valence-corrected chi connectivity index (χ2v) is 9.14. The summed E-state index contributed by atoms with van der Waals surface area (Å²) in [6.45, 7) is 5.38. The van der Waals surface area contributed by atoms with E-state index in [1.165, 1.54) is 6.07 Å². The molecule has 2 fully saturated rings. The second kappa shape index (κ2) is 7.30. The number of piperidine rings is 1. The van der Waals surface area contributed by atoms with Gasteiger partial charge in [0.05, 0.1) is 6.04 Å². The van der Waals surface area contributed by atoms with Crippen LogP contribution in [-0.4, -0.2) is 34.7 Å². The van der Waals surface area contributed by atoms with Gasteiger partial charge in [0.15, 0.2) is 0 Å². The van der Waals surface area contributed by atoms with E-state index in [9.17, 15) is 13.6 Å². The van der Waals surface area contributed by atoms with E-state index >= 15 is 4.39 Å². The van der Waals surface area contributed by atoms with Gasteiger partial charge < -0.3 is 10.5 Å². The predicted molar refractivity (Wildman–Crippen MR) is 107 cm³/mol. The fraction of sp³-hybridized carbons (Fsp3) is 0.435. The quantitative estimate of drug-likeness (QED) is 0.790. The van der Waals surface area contributed by atoms with Crippen LogP contribution in [0.1, 0.15) is 32.8 Å². The molecule has 4 atom stereocenters. The fourth-order valence-electron chi connectivity index (χ4n) is 4.37. The molecule has 1 amide bonds. The van der Waals surface area contributed by atoms with E-state index < -0.39 is 35.2 Å². The Morgan fingerprint density at radius 1 is 1.17 bits per heavy atom. The Hall–Kier alpha value is -2.54. The van der Waals surface area contributed by atoms with Gasteiger partial charge in [0.2, 0.25) is 0 Å². The first-order valence-electron chi connectivity index (χ1n) is 10.1. The van der Waals surface area contributed by atoms with Crippen molar-refractivity contribution < 1.29 is 22.7 Å². The minimum absolute atomic E-state index is 0.0170. The van der Waals surface area contributed by atoms with Crippen LogP contribution >= 0.6 is 0 Å². The van der Waals surface area contributed by atoms with Crippen LogP contribution in [0.15, 0.2) is 36.4 Å². The zero-order valence-corrected chi connectivity index (χ0v) is 17.2. The third-order valence-electron chi connectivity index (χ3n) is 5.74. The van der Waals surface area contributed by atoms with Crippen LogP contribution in [0.5, 0.6) is 0 Å². The van der Waals surface area contributed by atoms with Crippen LogP contribution in [0.25, 0.3) is 11.1 Å². The van der Waals surface area contributed by atoms with Crippen molar-refractivity contribution in [3.8, 4) is 11.1 Å². The van der Waals surface area contributed by atoms with Gasteiger partial charge in [-0.3, -0.25) is 4.90 Å². The number of likely N-dealkylation sites (tertiary alicyclic amines) is 1. The lowest BCUT2D eigenvalue weighted by molar-refractivity contribution is 0.0174. The summed E-state index contributed by atoms with van der Waals surface area (Å²) in [5.74, 6) is -1.93. The highest BCUT2D eigenvalue weighted by Crippen LogP contribution is 2.48. The number of benzene rings is 2. The van der Waals surface area contributed by atoms with Crippen LogP contribution in [0, 0.1) is 23.4 Å². The number of fused-ring (bicyclic) bond motifs is 1. The molecule has 1 saturated carbocycles. The molecule has 1 heterocycles. The van der Waals surface area contributed by atoms with Crippen molar-refractivity contribution in [3.63, 3.8) is 0 Å². The van der Waals surface area contributed by atoms with Crippen LogP contribution in [0.2, 0.25) is 0 Å². The number of hydrogen-bond donors (Lipinski definition) is 1. The van der Waals surface area contributed by atoms with Gasteiger partial charge in [0.25, 0.3) is 0 Å². The molecule has 2 aromatic rings. The van der Waals surface area contributed by atoms with Crippen LogP contribution in [0.4, 0.5) is 18.0 Å². The number of nitrogens with zero attached hydrogens (tertiary/aromatic N) is 1. The topological polar surface area (TPSA) is 55.6 Å². The van der Waals surface area contributed by atoms with E-state index in [4.69, 9.17) is 10.5 Å². The van der Waals surface area contributed by atoms with Crippen molar-refractivity contribution in [2.24, 2.45) is 11.7 Å². The highest BCUT2D eigenvalue weighted by atomic mass is 19.1. The molecule has 1 aliphatic heterocycles. The Bertz CT molecular complexity index is 969. The lowest BCUT2D eigenvalue weighted by Crippen LogP contribution is -2.49. The molecule has 2 aromatic carbocycles. The lowest BCUT2D eigenvalue weighted by atomic mass is 9.94. The molecule has 0 radical (unpaired) electrons. The first-order valence-corrected chi connectivity index (χ1v) is 10.1. The maximum atomic E-state index is 15.3. The average Bonchev–Trinajstić information content (AvgIpc) is 3.34. The third-order valence-corrected chi connectivity index (χ3v) is 5.74. The number of carbonyl (C=O) groups excluding carboxylic acids is 1. The molecular formula is C23H25F3N2O2. The summed E-state index contributed by atoms with van der Waals surface area (Å²) in [5.41, 5.74) is 6.29. The zero-order chi connectivity index (χ0) is 21.8. The molecule has 2 N–H and O–H groups in total. The second-order valence-electron chi connectivity index (χ2n) is 9.14. The Morgan fingerprint density at radius 3 is 2.47 bits per heavy atom. The predicted octanol–water partition coefficient (Wildman–Crippen LogP) is 4.65. The maximum absolute atomic E-state index is 15.3. The van der Waals surface area contributed by atoms with Gasteiger partial charge in [-0.25, -0.2) is 18.0 Å². The van der Waals surface area contributed by atoms with Gasteiger partial charge in [-0.1, -0.05) is 18.2 Å². The Kier molecular flexibility index (Phi) is 5.04. The van der Waals surface area contributed by atoms with Crippen molar-refractivity contribution in [2.75, 3.05) is 0 Å². The van der Waals surface area contributed by atoms with Crippen LogP contribution in [0.3, 0.4) is 0 Å². The molecule has 160 valence electrons. The van der Waals surface area contributed by atoms with Crippen molar-refractivity contribution in [3.05, 3.63) is 59.4 Å². The van der Waals surface area contributed by atoms with Gasteiger partial charge >= 0.3 is 6.09 Å². The molecule has 0 aromatic heterocycles. The lowest BCUT2D eigenvalue weighted by Gasteiger charge is -2.32. The molecule has 2 aliphatic rings. The monoisotopic (exact) mass is 418 g/mol. The Labute approximate surface area is 173 Å².